The molecule has 68 valence electrons. The molecule has 0 aliphatic rings. The molecule has 0 saturated carbocycles. The summed E-state index contributed by atoms with van der Waals surface area (Å²) in [6, 6.07) is 0. The van der Waals surface area contributed by atoms with E-state index in [9.17, 15) is 8.42 Å². The molecule has 1 atom stereocenters. The van der Waals surface area contributed by atoms with Gasteiger partial charge in [-0.3, -0.25) is 4.55 Å². The van der Waals surface area contributed by atoms with Gasteiger partial charge in [0.15, 0.2) is 0 Å². The average molecular weight is 186 g/mol. The molecule has 11 heavy (non-hydrogen) atoms. The summed E-state index contributed by atoms with van der Waals surface area (Å²) in [5.41, 5.74) is -1.94. The first-order valence-corrected chi connectivity index (χ1v) is 4.31. The summed E-state index contributed by atoms with van der Waals surface area (Å²) < 4.78 is 32.8. The van der Waals surface area contributed by atoms with Crippen LogP contribution in [-0.4, -0.2) is 48.4 Å². The number of aliphatic hydroxyl groups excluding tert-OH is 2. The topological polar surface area (TPSA) is 104 Å². The number of aliphatic hydroxyl groups is 2. The molecule has 0 aromatic heterocycles. The molecule has 7 heteroatoms. The predicted octanol–water partition coefficient (Wildman–Crippen LogP) is -1.80. The van der Waals surface area contributed by atoms with Gasteiger partial charge in [-0.2, -0.15) is 8.42 Å². The Labute approximate surface area is 64.2 Å². The fraction of sp³-hybridized carbons (Fsp3) is 1.00. The lowest BCUT2D eigenvalue weighted by Gasteiger charge is -2.06. The van der Waals surface area contributed by atoms with Crippen molar-refractivity contribution >= 4 is 10.1 Å². The minimum atomic E-state index is -4.43. The molecule has 0 bridgehead atoms. The first-order chi connectivity index (χ1) is 4.98. The van der Waals surface area contributed by atoms with E-state index in [-0.39, 0.29) is 13.2 Å². The zero-order chi connectivity index (χ0) is 8.91. The first kappa shape index (κ1) is 10.8. The number of ether oxygens (including phenoxy) is 1. The third-order valence-electron chi connectivity index (χ3n) is 0.840. The van der Waals surface area contributed by atoms with Gasteiger partial charge in [-0.15, -0.1) is 0 Å². The zero-order valence-corrected chi connectivity index (χ0v) is 6.49. The maximum absolute atomic E-state index is 10.1. The van der Waals surface area contributed by atoms with Crippen LogP contribution >= 0.6 is 0 Å². The summed E-state index contributed by atoms with van der Waals surface area (Å²) in [5.74, 6) is 0. The van der Waals surface area contributed by atoms with E-state index in [4.69, 9.17) is 14.8 Å². The predicted molar refractivity (Wildman–Crippen MR) is 35.5 cm³/mol. The van der Waals surface area contributed by atoms with Crippen molar-refractivity contribution in [1.82, 2.24) is 0 Å². The van der Waals surface area contributed by atoms with Crippen molar-refractivity contribution in [3.8, 4) is 0 Å². The van der Waals surface area contributed by atoms with Gasteiger partial charge in [-0.05, 0) is 0 Å². The molecule has 0 rings (SSSR count). The van der Waals surface area contributed by atoms with Gasteiger partial charge in [0.05, 0.1) is 19.8 Å². The van der Waals surface area contributed by atoms with E-state index >= 15 is 0 Å². The van der Waals surface area contributed by atoms with Crippen molar-refractivity contribution in [3.05, 3.63) is 0 Å². The van der Waals surface area contributed by atoms with Crippen LogP contribution in [0.2, 0.25) is 0 Å². The third-order valence-corrected chi connectivity index (χ3v) is 1.66. The van der Waals surface area contributed by atoms with Crippen LogP contribution in [0.15, 0.2) is 0 Å². The molecule has 0 aliphatic heterocycles. The Hall–Kier alpha value is -0.210. The summed E-state index contributed by atoms with van der Waals surface area (Å²) in [4.78, 5) is 0. The van der Waals surface area contributed by atoms with Gasteiger partial charge in [0.1, 0.15) is 0 Å². The number of rotatable bonds is 5. The lowest BCUT2D eigenvalue weighted by Crippen LogP contribution is -2.26. The van der Waals surface area contributed by atoms with E-state index in [2.05, 4.69) is 4.74 Å². The van der Waals surface area contributed by atoms with E-state index < -0.39 is 22.2 Å². The zero-order valence-electron chi connectivity index (χ0n) is 5.67. The maximum atomic E-state index is 10.1. The van der Waals surface area contributed by atoms with Crippen LogP contribution in [-0.2, 0) is 14.9 Å². The van der Waals surface area contributed by atoms with Crippen LogP contribution in [0.25, 0.3) is 0 Å². The molecule has 0 fully saturated rings. The normalized spacial score (nSPS) is 14.8. The monoisotopic (exact) mass is 186 g/mol. The fourth-order valence-corrected chi connectivity index (χ4v) is 0.603. The highest BCUT2D eigenvalue weighted by Crippen LogP contribution is 1.93. The van der Waals surface area contributed by atoms with Crippen molar-refractivity contribution in [2.45, 2.75) is 5.44 Å². The molecule has 0 amide bonds. The minimum absolute atomic E-state index is 0.0768. The highest BCUT2D eigenvalue weighted by Gasteiger charge is 2.18. The Bertz CT molecular complexity index is 185. The Kier molecular flexibility index (Phi) is 4.54. The van der Waals surface area contributed by atoms with Gasteiger partial charge in [0, 0.05) is 0 Å². The molecule has 3 N–H and O–H groups in total. The van der Waals surface area contributed by atoms with Crippen LogP contribution in [0, 0.1) is 0 Å². The van der Waals surface area contributed by atoms with Crippen LogP contribution in [0.5, 0.6) is 0 Å². The van der Waals surface area contributed by atoms with E-state index in [1.54, 1.807) is 0 Å². The number of hydrogen-bond donors (Lipinski definition) is 3. The van der Waals surface area contributed by atoms with E-state index in [1.165, 1.54) is 0 Å². The van der Waals surface area contributed by atoms with Gasteiger partial charge >= 0.3 is 0 Å². The largest absolute Gasteiger partial charge is 0.394 e. The van der Waals surface area contributed by atoms with E-state index in [1.807, 2.05) is 0 Å². The van der Waals surface area contributed by atoms with Crippen molar-refractivity contribution in [2.24, 2.45) is 0 Å². The summed E-state index contributed by atoms with van der Waals surface area (Å²) in [6.07, 6.45) is 0. The first-order valence-electron chi connectivity index (χ1n) is 2.81. The highest BCUT2D eigenvalue weighted by molar-refractivity contribution is 7.86. The lowest BCUT2D eigenvalue weighted by atomic mass is 10.7. The van der Waals surface area contributed by atoms with Crippen molar-refractivity contribution in [2.75, 3.05) is 19.8 Å². The smallest absolute Gasteiger partial charge is 0.294 e. The average Bonchev–Trinajstić information content (AvgIpc) is 1.86. The van der Waals surface area contributed by atoms with Crippen molar-refractivity contribution in [1.29, 1.82) is 0 Å². The summed E-state index contributed by atoms with van der Waals surface area (Å²) in [7, 11) is -4.43. The van der Waals surface area contributed by atoms with Crippen molar-refractivity contribution in [3.63, 3.8) is 0 Å². The third kappa shape index (κ3) is 5.10. The Morgan fingerprint density at radius 2 is 2.00 bits per heavy atom. The van der Waals surface area contributed by atoms with Gasteiger partial charge in [0.25, 0.3) is 10.1 Å². The fourth-order valence-electron chi connectivity index (χ4n) is 0.335. The van der Waals surface area contributed by atoms with Crippen LogP contribution in [0.3, 0.4) is 0 Å². The van der Waals surface area contributed by atoms with Gasteiger partial charge < -0.3 is 14.9 Å². The Morgan fingerprint density at radius 1 is 1.45 bits per heavy atom. The highest BCUT2D eigenvalue weighted by atomic mass is 32.2. The molecule has 0 aromatic rings. The van der Waals surface area contributed by atoms with Gasteiger partial charge in [-0.25, -0.2) is 0 Å². The Morgan fingerprint density at radius 3 is 2.36 bits per heavy atom. The summed E-state index contributed by atoms with van der Waals surface area (Å²) in [5, 5.41) is 16.7. The molecule has 0 saturated heterocycles. The van der Waals surface area contributed by atoms with E-state index in [0.29, 0.717) is 0 Å². The molecular weight excluding hydrogens is 176 g/mol. The second kappa shape index (κ2) is 4.62. The maximum Gasteiger partial charge on any atom is 0.294 e. The van der Waals surface area contributed by atoms with Crippen LogP contribution in [0.4, 0.5) is 0 Å². The minimum Gasteiger partial charge on any atom is -0.394 e. The molecule has 1 unspecified atom stereocenters. The summed E-state index contributed by atoms with van der Waals surface area (Å²) >= 11 is 0. The SMILES string of the molecule is O=S(=O)(O)C(O)COCCO. The molecule has 6 nitrogen and oxygen atoms in total. The van der Waals surface area contributed by atoms with Gasteiger partial charge in [-0.1, -0.05) is 0 Å². The molecular formula is C4H10O6S. The van der Waals surface area contributed by atoms with E-state index in [0.717, 1.165) is 0 Å². The second-order valence-corrected chi connectivity index (χ2v) is 3.34. The standard InChI is InChI=1S/C4H10O6S/c5-1-2-10-3-4(6)11(7,8)9/h4-6H,1-3H2,(H,7,8,9). The molecule has 0 radical (unpaired) electrons. The van der Waals surface area contributed by atoms with Crippen LogP contribution < -0.4 is 0 Å². The molecule has 0 heterocycles. The lowest BCUT2D eigenvalue weighted by molar-refractivity contribution is 0.0479. The number of hydrogen-bond acceptors (Lipinski definition) is 5. The second-order valence-electron chi connectivity index (χ2n) is 1.77. The summed E-state index contributed by atoms with van der Waals surface area (Å²) in [6.45, 7) is -0.885. The Balaban J connectivity index is 3.62. The quantitative estimate of drug-likeness (QED) is 0.346. The molecule has 0 aliphatic carbocycles. The van der Waals surface area contributed by atoms with Gasteiger partial charge in [0.2, 0.25) is 5.44 Å². The van der Waals surface area contributed by atoms with Crippen molar-refractivity contribution < 1.29 is 27.9 Å². The molecule has 0 spiro atoms. The molecule has 0 aromatic carbocycles. The van der Waals surface area contributed by atoms with Crippen LogP contribution in [0.1, 0.15) is 0 Å².